The van der Waals surface area contributed by atoms with Gasteiger partial charge in [0.2, 0.25) is 15.9 Å². The second-order valence-electron chi connectivity index (χ2n) is 6.57. The summed E-state index contributed by atoms with van der Waals surface area (Å²) in [4.78, 5) is 4.72. The van der Waals surface area contributed by atoms with Gasteiger partial charge in [-0.05, 0) is 63.6 Å². The van der Waals surface area contributed by atoms with E-state index in [0.29, 0.717) is 29.5 Å². The first-order chi connectivity index (χ1) is 13.3. The van der Waals surface area contributed by atoms with Gasteiger partial charge in [-0.1, -0.05) is 17.7 Å². The van der Waals surface area contributed by atoms with Crippen molar-refractivity contribution in [1.82, 2.24) is 9.71 Å². The van der Waals surface area contributed by atoms with Crippen LogP contribution >= 0.6 is 0 Å². The van der Waals surface area contributed by atoms with E-state index in [9.17, 15) is 8.42 Å². The number of nitrogens with zero attached hydrogens (tertiary/aromatic N) is 1. The Bertz CT molecular complexity index is 1070. The van der Waals surface area contributed by atoms with Crippen LogP contribution in [0.2, 0.25) is 0 Å². The van der Waals surface area contributed by atoms with Gasteiger partial charge in [-0.15, -0.1) is 0 Å². The molecule has 2 aromatic carbocycles. The monoisotopic (exact) mass is 400 g/mol. The molecule has 28 heavy (non-hydrogen) atoms. The molecule has 0 spiro atoms. The molecule has 6 nitrogen and oxygen atoms in total. The number of ether oxygens (including phenoxy) is 1. The minimum absolute atomic E-state index is 0.0576. The van der Waals surface area contributed by atoms with Crippen molar-refractivity contribution in [3.05, 3.63) is 65.0 Å². The third-order valence-corrected chi connectivity index (χ3v) is 5.92. The second-order valence-corrected chi connectivity index (χ2v) is 8.31. The van der Waals surface area contributed by atoms with Crippen LogP contribution in [0.3, 0.4) is 0 Å². The van der Waals surface area contributed by atoms with Gasteiger partial charge in [0.1, 0.15) is 11.5 Å². The molecule has 0 amide bonds. The van der Waals surface area contributed by atoms with Gasteiger partial charge in [0.25, 0.3) is 0 Å². The third-order valence-electron chi connectivity index (χ3n) is 4.35. The van der Waals surface area contributed by atoms with Gasteiger partial charge in [-0.25, -0.2) is 18.1 Å². The van der Waals surface area contributed by atoms with Gasteiger partial charge in [0.15, 0.2) is 0 Å². The summed E-state index contributed by atoms with van der Waals surface area (Å²) in [5.41, 5.74) is 3.08. The van der Waals surface area contributed by atoms with Crippen molar-refractivity contribution in [1.29, 1.82) is 0 Å². The van der Waals surface area contributed by atoms with Crippen molar-refractivity contribution in [3.8, 4) is 17.2 Å². The maximum absolute atomic E-state index is 12.6. The molecule has 1 N–H and O–H groups in total. The molecule has 0 bridgehead atoms. The van der Waals surface area contributed by atoms with Crippen LogP contribution < -0.4 is 9.46 Å². The zero-order valence-electron chi connectivity index (χ0n) is 16.4. The summed E-state index contributed by atoms with van der Waals surface area (Å²) in [7, 11) is -3.64. The Morgan fingerprint density at radius 2 is 1.79 bits per heavy atom. The van der Waals surface area contributed by atoms with Gasteiger partial charge < -0.3 is 9.15 Å². The standard InChI is InChI=1S/C21H24N2O4S/c1-5-26-18-9-7-17(8-10-18)21-23-19(16(4)27-21)13-22-28(24,25)20-11-6-14(2)12-15(20)3/h6-12,22H,5,13H2,1-4H3. The highest BCUT2D eigenvalue weighted by atomic mass is 32.2. The number of aryl methyl sites for hydroxylation is 3. The Morgan fingerprint density at radius 3 is 2.43 bits per heavy atom. The lowest BCUT2D eigenvalue weighted by Gasteiger charge is -2.09. The van der Waals surface area contributed by atoms with Crippen molar-refractivity contribution < 1.29 is 17.6 Å². The zero-order chi connectivity index (χ0) is 20.3. The summed E-state index contributed by atoms with van der Waals surface area (Å²) < 4.78 is 39.1. The molecule has 0 unspecified atom stereocenters. The first-order valence-electron chi connectivity index (χ1n) is 9.06. The topological polar surface area (TPSA) is 81.4 Å². The number of oxazole rings is 1. The molecule has 3 rings (SSSR count). The molecule has 0 atom stereocenters. The van der Waals surface area contributed by atoms with E-state index in [1.54, 1.807) is 26.0 Å². The number of nitrogens with one attached hydrogen (secondary N) is 1. The number of hydrogen-bond donors (Lipinski definition) is 1. The average molecular weight is 401 g/mol. The number of benzene rings is 2. The average Bonchev–Trinajstić information content (AvgIpc) is 3.01. The van der Waals surface area contributed by atoms with E-state index >= 15 is 0 Å². The maximum atomic E-state index is 12.6. The van der Waals surface area contributed by atoms with E-state index in [-0.39, 0.29) is 11.4 Å². The fourth-order valence-corrected chi connectivity index (χ4v) is 4.13. The fourth-order valence-electron chi connectivity index (χ4n) is 2.92. The molecule has 3 aromatic rings. The molecule has 0 aliphatic rings. The number of aromatic nitrogens is 1. The van der Waals surface area contributed by atoms with Crippen LogP contribution in [0.15, 0.2) is 51.8 Å². The number of hydrogen-bond acceptors (Lipinski definition) is 5. The number of rotatable bonds is 7. The van der Waals surface area contributed by atoms with Gasteiger partial charge >= 0.3 is 0 Å². The Balaban J connectivity index is 1.76. The lowest BCUT2D eigenvalue weighted by atomic mass is 10.2. The molecule has 0 aliphatic heterocycles. The predicted octanol–water partition coefficient (Wildman–Crippen LogP) is 4.14. The molecular weight excluding hydrogens is 376 g/mol. The smallest absolute Gasteiger partial charge is 0.241 e. The Kier molecular flexibility index (Phi) is 5.86. The molecule has 0 aliphatic carbocycles. The zero-order valence-corrected chi connectivity index (χ0v) is 17.3. The minimum Gasteiger partial charge on any atom is -0.494 e. The van der Waals surface area contributed by atoms with Crippen LogP contribution in [-0.4, -0.2) is 20.0 Å². The number of sulfonamides is 1. The first kappa shape index (κ1) is 20.1. The highest BCUT2D eigenvalue weighted by molar-refractivity contribution is 7.89. The summed E-state index contributed by atoms with van der Waals surface area (Å²) >= 11 is 0. The largest absolute Gasteiger partial charge is 0.494 e. The minimum atomic E-state index is -3.64. The lowest BCUT2D eigenvalue weighted by Crippen LogP contribution is -2.24. The Hall–Kier alpha value is -2.64. The van der Waals surface area contributed by atoms with Crippen LogP contribution in [0.5, 0.6) is 5.75 Å². The maximum Gasteiger partial charge on any atom is 0.241 e. The normalized spacial score (nSPS) is 11.6. The first-order valence-corrected chi connectivity index (χ1v) is 10.5. The second kappa shape index (κ2) is 8.16. The predicted molar refractivity (Wildman–Crippen MR) is 108 cm³/mol. The molecule has 1 aromatic heterocycles. The van der Waals surface area contributed by atoms with Gasteiger partial charge in [0.05, 0.1) is 23.7 Å². The van der Waals surface area contributed by atoms with Crippen molar-refractivity contribution in [2.75, 3.05) is 6.61 Å². The van der Waals surface area contributed by atoms with Crippen molar-refractivity contribution in [3.63, 3.8) is 0 Å². The third kappa shape index (κ3) is 4.43. The highest BCUT2D eigenvalue weighted by Crippen LogP contribution is 2.24. The van der Waals surface area contributed by atoms with Crippen molar-refractivity contribution in [2.24, 2.45) is 0 Å². The highest BCUT2D eigenvalue weighted by Gasteiger charge is 2.19. The van der Waals surface area contributed by atoms with Crippen LogP contribution in [0, 0.1) is 20.8 Å². The molecular formula is C21H24N2O4S. The van der Waals surface area contributed by atoms with Crippen molar-refractivity contribution in [2.45, 2.75) is 39.1 Å². The summed E-state index contributed by atoms with van der Waals surface area (Å²) in [6, 6.07) is 12.7. The molecule has 148 valence electrons. The Labute approximate surface area is 165 Å². The molecule has 7 heteroatoms. The van der Waals surface area contributed by atoms with E-state index in [1.807, 2.05) is 44.2 Å². The molecule has 0 radical (unpaired) electrons. The van der Waals surface area contributed by atoms with E-state index in [1.165, 1.54) is 0 Å². The molecule has 0 saturated carbocycles. The van der Waals surface area contributed by atoms with Gasteiger partial charge in [-0.3, -0.25) is 0 Å². The van der Waals surface area contributed by atoms with Gasteiger partial charge in [-0.2, -0.15) is 0 Å². The quantitative estimate of drug-likeness (QED) is 0.644. The van der Waals surface area contributed by atoms with Crippen LogP contribution in [0.25, 0.3) is 11.5 Å². The summed E-state index contributed by atoms with van der Waals surface area (Å²) in [6.45, 7) is 8.07. The summed E-state index contributed by atoms with van der Waals surface area (Å²) in [5, 5.41) is 0. The Morgan fingerprint density at radius 1 is 1.07 bits per heavy atom. The van der Waals surface area contributed by atoms with Crippen molar-refractivity contribution >= 4 is 10.0 Å². The van der Waals surface area contributed by atoms with Crippen LogP contribution in [-0.2, 0) is 16.6 Å². The SMILES string of the molecule is CCOc1ccc(-c2nc(CNS(=O)(=O)c3ccc(C)cc3C)c(C)o2)cc1. The van der Waals surface area contributed by atoms with E-state index < -0.39 is 10.0 Å². The van der Waals surface area contributed by atoms with E-state index in [4.69, 9.17) is 9.15 Å². The fraction of sp³-hybridized carbons (Fsp3) is 0.286. The van der Waals surface area contributed by atoms with Crippen LogP contribution in [0.1, 0.15) is 29.5 Å². The van der Waals surface area contributed by atoms with Crippen LogP contribution in [0.4, 0.5) is 0 Å². The molecule has 1 heterocycles. The summed E-state index contributed by atoms with van der Waals surface area (Å²) in [5.74, 6) is 1.80. The molecule has 0 saturated heterocycles. The van der Waals surface area contributed by atoms with E-state index in [2.05, 4.69) is 9.71 Å². The lowest BCUT2D eigenvalue weighted by molar-refractivity contribution is 0.340. The summed E-state index contributed by atoms with van der Waals surface area (Å²) in [6.07, 6.45) is 0. The molecule has 0 fully saturated rings. The van der Waals surface area contributed by atoms with Gasteiger partial charge in [0, 0.05) is 5.56 Å². The van der Waals surface area contributed by atoms with E-state index in [0.717, 1.165) is 16.9 Å².